The monoisotopic (exact) mass is 295 g/mol. The summed E-state index contributed by atoms with van der Waals surface area (Å²) in [5.74, 6) is 0. The third kappa shape index (κ3) is 2.62. The van der Waals surface area contributed by atoms with Gasteiger partial charge >= 0.3 is 0 Å². The largest absolute Gasteiger partial charge is 0.262 e. The van der Waals surface area contributed by atoms with Gasteiger partial charge in [0.1, 0.15) is 0 Å². The topological polar surface area (TPSA) is 12.9 Å². The van der Waals surface area contributed by atoms with E-state index in [1.54, 1.807) is 0 Å². The number of rotatable bonds is 2. The zero-order chi connectivity index (χ0) is 15.6. The van der Waals surface area contributed by atoms with Crippen LogP contribution in [0.25, 0.3) is 33.7 Å². The lowest BCUT2D eigenvalue weighted by Gasteiger charge is -2.08. The van der Waals surface area contributed by atoms with Crippen LogP contribution in [0.4, 0.5) is 0 Å². The number of aromatic nitrogens is 1. The molecule has 0 bridgehead atoms. The van der Waals surface area contributed by atoms with Crippen LogP contribution < -0.4 is 0 Å². The van der Waals surface area contributed by atoms with Gasteiger partial charge in [0, 0.05) is 11.9 Å². The van der Waals surface area contributed by atoms with Crippen molar-refractivity contribution in [2.45, 2.75) is 6.92 Å². The fourth-order valence-corrected chi connectivity index (χ4v) is 3.08. The first kappa shape index (κ1) is 13.7. The first-order chi connectivity index (χ1) is 11.3. The molecular weight excluding hydrogens is 278 g/mol. The summed E-state index contributed by atoms with van der Waals surface area (Å²) < 4.78 is 0. The van der Waals surface area contributed by atoms with Crippen molar-refractivity contribution in [3.63, 3.8) is 0 Å². The van der Waals surface area contributed by atoms with Gasteiger partial charge in [0.2, 0.25) is 0 Å². The minimum absolute atomic E-state index is 1.04. The van der Waals surface area contributed by atoms with Crippen LogP contribution in [0.2, 0.25) is 0 Å². The van der Waals surface area contributed by atoms with Gasteiger partial charge in [-0.05, 0) is 57.8 Å². The van der Waals surface area contributed by atoms with Crippen molar-refractivity contribution >= 4 is 33.7 Å². The number of aryl methyl sites for hydroxylation is 1. The minimum Gasteiger partial charge on any atom is -0.262 e. The standard InChI is InChI=1S/C22H17N/c1-16-14-17(12-13-23-16)10-11-22-20-8-4-2-6-18(20)15-19-7-3-5-9-21(19)22/h2-15H,1H3/b11-10+. The predicted octanol–water partition coefficient (Wildman–Crippen LogP) is 5.87. The fraction of sp³-hybridized carbons (Fsp3) is 0.0455. The third-order valence-electron chi connectivity index (χ3n) is 4.18. The average Bonchev–Trinajstić information content (AvgIpc) is 2.58. The van der Waals surface area contributed by atoms with Crippen molar-refractivity contribution in [3.8, 4) is 0 Å². The van der Waals surface area contributed by atoms with E-state index in [1.165, 1.54) is 32.7 Å². The molecule has 0 radical (unpaired) electrons. The lowest BCUT2D eigenvalue weighted by atomic mass is 9.96. The van der Waals surface area contributed by atoms with Crippen LogP contribution in [0.3, 0.4) is 0 Å². The molecule has 1 heteroatoms. The quantitative estimate of drug-likeness (QED) is 0.422. The van der Waals surface area contributed by atoms with E-state index in [0.717, 1.165) is 5.69 Å². The lowest BCUT2D eigenvalue weighted by molar-refractivity contribution is 1.20. The van der Waals surface area contributed by atoms with Crippen LogP contribution in [0.1, 0.15) is 16.8 Å². The summed E-state index contributed by atoms with van der Waals surface area (Å²) in [6.45, 7) is 2.02. The number of hydrogen-bond donors (Lipinski definition) is 0. The molecule has 0 amide bonds. The molecule has 0 atom stereocenters. The van der Waals surface area contributed by atoms with E-state index >= 15 is 0 Å². The van der Waals surface area contributed by atoms with Crippen molar-refractivity contribution in [1.29, 1.82) is 0 Å². The van der Waals surface area contributed by atoms with E-state index in [1.807, 2.05) is 19.2 Å². The molecule has 1 heterocycles. The van der Waals surface area contributed by atoms with Crippen molar-refractivity contribution in [3.05, 3.63) is 89.7 Å². The van der Waals surface area contributed by atoms with E-state index in [2.05, 4.69) is 77.8 Å². The van der Waals surface area contributed by atoms with Crippen LogP contribution in [-0.4, -0.2) is 4.98 Å². The summed E-state index contributed by atoms with van der Waals surface area (Å²) in [6, 6.07) is 23.5. The van der Waals surface area contributed by atoms with Crippen LogP contribution in [0.15, 0.2) is 72.9 Å². The van der Waals surface area contributed by atoms with Crippen LogP contribution in [-0.2, 0) is 0 Å². The molecule has 0 saturated carbocycles. The van der Waals surface area contributed by atoms with E-state index in [-0.39, 0.29) is 0 Å². The molecule has 0 fully saturated rings. The molecule has 0 spiro atoms. The molecule has 0 aliphatic rings. The Morgan fingerprint density at radius 1 is 0.739 bits per heavy atom. The Morgan fingerprint density at radius 2 is 1.39 bits per heavy atom. The maximum atomic E-state index is 4.26. The summed E-state index contributed by atoms with van der Waals surface area (Å²) in [7, 11) is 0. The fourth-order valence-electron chi connectivity index (χ4n) is 3.08. The van der Waals surface area contributed by atoms with Gasteiger partial charge in [-0.2, -0.15) is 0 Å². The Kier molecular flexibility index (Phi) is 3.39. The van der Waals surface area contributed by atoms with Crippen LogP contribution in [0.5, 0.6) is 0 Å². The van der Waals surface area contributed by atoms with E-state index in [0.29, 0.717) is 0 Å². The average molecular weight is 295 g/mol. The van der Waals surface area contributed by atoms with E-state index < -0.39 is 0 Å². The number of hydrogen-bond acceptors (Lipinski definition) is 1. The van der Waals surface area contributed by atoms with E-state index in [9.17, 15) is 0 Å². The molecule has 4 aromatic rings. The number of pyridine rings is 1. The predicted molar refractivity (Wildman–Crippen MR) is 99.4 cm³/mol. The summed E-state index contributed by atoms with van der Waals surface area (Å²) >= 11 is 0. The highest BCUT2D eigenvalue weighted by molar-refractivity contribution is 6.07. The highest BCUT2D eigenvalue weighted by Gasteiger charge is 2.04. The zero-order valence-electron chi connectivity index (χ0n) is 13.0. The molecular formula is C22H17N. The van der Waals surface area contributed by atoms with Crippen molar-refractivity contribution < 1.29 is 0 Å². The highest BCUT2D eigenvalue weighted by Crippen LogP contribution is 2.29. The summed E-state index contributed by atoms with van der Waals surface area (Å²) in [5.41, 5.74) is 3.48. The Bertz CT molecular complexity index is 974. The molecule has 1 nitrogen and oxygen atoms in total. The van der Waals surface area contributed by atoms with Crippen LogP contribution in [0, 0.1) is 6.92 Å². The lowest BCUT2D eigenvalue weighted by Crippen LogP contribution is -1.84. The number of nitrogens with zero attached hydrogens (tertiary/aromatic N) is 1. The van der Waals surface area contributed by atoms with Gasteiger partial charge in [0.05, 0.1) is 0 Å². The van der Waals surface area contributed by atoms with E-state index in [4.69, 9.17) is 0 Å². The van der Waals surface area contributed by atoms with Gasteiger partial charge in [0.15, 0.2) is 0 Å². The first-order valence-electron chi connectivity index (χ1n) is 7.82. The molecule has 23 heavy (non-hydrogen) atoms. The second kappa shape index (κ2) is 5.69. The molecule has 3 aromatic carbocycles. The molecule has 0 unspecified atom stereocenters. The second-order valence-corrected chi connectivity index (χ2v) is 5.80. The van der Waals surface area contributed by atoms with Gasteiger partial charge in [0.25, 0.3) is 0 Å². The molecule has 0 N–H and O–H groups in total. The summed E-state index contributed by atoms with van der Waals surface area (Å²) in [6.07, 6.45) is 6.25. The van der Waals surface area contributed by atoms with Gasteiger partial charge in [-0.1, -0.05) is 60.7 Å². The molecule has 0 saturated heterocycles. The minimum atomic E-state index is 1.04. The van der Waals surface area contributed by atoms with Crippen LogP contribution >= 0.6 is 0 Å². The Hall–Kier alpha value is -2.93. The van der Waals surface area contributed by atoms with Gasteiger partial charge in [-0.3, -0.25) is 4.98 Å². The highest BCUT2D eigenvalue weighted by atomic mass is 14.6. The first-order valence-corrected chi connectivity index (χ1v) is 7.82. The maximum absolute atomic E-state index is 4.26. The normalized spacial score (nSPS) is 11.5. The third-order valence-corrected chi connectivity index (χ3v) is 4.18. The second-order valence-electron chi connectivity index (χ2n) is 5.80. The van der Waals surface area contributed by atoms with Gasteiger partial charge < -0.3 is 0 Å². The Labute approximate surface area is 135 Å². The summed E-state index contributed by atoms with van der Waals surface area (Å²) in [4.78, 5) is 4.26. The number of benzene rings is 3. The molecule has 4 rings (SSSR count). The molecule has 110 valence electrons. The zero-order valence-corrected chi connectivity index (χ0v) is 13.0. The molecule has 1 aromatic heterocycles. The Balaban J connectivity index is 1.96. The van der Waals surface area contributed by atoms with Crippen molar-refractivity contribution in [1.82, 2.24) is 4.98 Å². The van der Waals surface area contributed by atoms with Gasteiger partial charge in [-0.15, -0.1) is 0 Å². The maximum Gasteiger partial charge on any atom is 0.0378 e. The van der Waals surface area contributed by atoms with Gasteiger partial charge in [-0.25, -0.2) is 0 Å². The smallest absolute Gasteiger partial charge is 0.0378 e. The summed E-state index contributed by atoms with van der Waals surface area (Å²) in [5, 5.41) is 5.12. The molecule has 0 aliphatic carbocycles. The SMILES string of the molecule is Cc1cc(/C=C/c2c3ccccc3cc3ccccc23)ccn1. The Morgan fingerprint density at radius 3 is 2.04 bits per heavy atom. The van der Waals surface area contributed by atoms with Crippen molar-refractivity contribution in [2.75, 3.05) is 0 Å². The molecule has 0 aliphatic heterocycles. The number of fused-ring (bicyclic) bond motifs is 2. The van der Waals surface area contributed by atoms with Crippen molar-refractivity contribution in [2.24, 2.45) is 0 Å².